The van der Waals surface area contributed by atoms with Crippen LogP contribution in [0.1, 0.15) is 17.8 Å². The molecule has 0 aliphatic carbocycles. The van der Waals surface area contributed by atoms with Crippen molar-refractivity contribution in [2.24, 2.45) is 0 Å². The van der Waals surface area contributed by atoms with E-state index in [9.17, 15) is 4.79 Å². The molecule has 0 aliphatic heterocycles. The molecule has 0 bridgehead atoms. The molecule has 6 nitrogen and oxygen atoms in total. The molecule has 128 valence electrons. The smallest absolute Gasteiger partial charge is 0.313 e. The summed E-state index contributed by atoms with van der Waals surface area (Å²) in [5, 5.41) is 17.6. The van der Waals surface area contributed by atoms with E-state index >= 15 is 0 Å². The maximum atomic E-state index is 10.7. The first-order valence-electron chi connectivity index (χ1n) is 7.67. The third-order valence-electron chi connectivity index (χ3n) is 3.33. The van der Waals surface area contributed by atoms with E-state index in [1.165, 1.54) is 0 Å². The normalized spacial score (nSPS) is 10.5. The maximum absolute atomic E-state index is 10.7. The standard InChI is InChI=1S/C17H21N3O3S/c1-3-10-20-15(18-19-17(20)24-12-16(21)22)9-6-11-23-14-8-5-4-7-13(14)2/h3-5,7-8H,1,6,9-12H2,2H3,(H,21,22). The van der Waals surface area contributed by atoms with Crippen molar-refractivity contribution in [3.63, 3.8) is 0 Å². The van der Waals surface area contributed by atoms with Crippen molar-refractivity contribution in [3.8, 4) is 5.75 Å². The molecule has 0 atom stereocenters. The Bertz CT molecular complexity index is 700. The molecule has 0 saturated heterocycles. The van der Waals surface area contributed by atoms with Gasteiger partial charge in [0.25, 0.3) is 0 Å². The summed E-state index contributed by atoms with van der Waals surface area (Å²) in [4.78, 5) is 10.7. The van der Waals surface area contributed by atoms with E-state index in [1.54, 1.807) is 6.08 Å². The number of carbonyl (C=O) groups is 1. The Balaban J connectivity index is 1.90. The number of aromatic nitrogens is 3. The molecule has 1 aromatic heterocycles. The van der Waals surface area contributed by atoms with Crippen molar-refractivity contribution in [2.75, 3.05) is 12.4 Å². The molecule has 24 heavy (non-hydrogen) atoms. The molecular formula is C17H21N3O3S. The largest absolute Gasteiger partial charge is 0.493 e. The number of benzene rings is 1. The van der Waals surface area contributed by atoms with Gasteiger partial charge in [0.2, 0.25) is 0 Å². The SMILES string of the molecule is C=CCn1c(CCCOc2ccccc2C)nnc1SCC(=O)O. The second kappa shape index (κ2) is 9.12. The fourth-order valence-corrected chi connectivity index (χ4v) is 2.87. The lowest BCUT2D eigenvalue weighted by molar-refractivity contribution is -0.133. The molecule has 0 aliphatic rings. The monoisotopic (exact) mass is 347 g/mol. The topological polar surface area (TPSA) is 77.2 Å². The second-order valence-electron chi connectivity index (χ2n) is 5.20. The highest BCUT2D eigenvalue weighted by molar-refractivity contribution is 7.99. The number of para-hydroxylation sites is 1. The lowest BCUT2D eigenvalue weighted by Crippen LogP contribution is -2.08. The van der Waals surface area contributed by atoms with Crippen LogP contribution in [-0.4, -0.2) is 38.2 Å². The second-order valence-corrected chi connectivity index (χ2v) is 6.14. The van der Waals surface area contributed by atoms with Crippen LogP contribution < -0.4 is 4.74 Å². The number of carboxylic acids is 1. The van der Waals surface area contributed by atoms with E-state index < -0.39 is 5.97 Å². The summed E-state index contributed by atoms with van der Waals surface area (Å²) in [7, 11) is 0. The highest BCUT2D eigenvalue weighted by atomic mass is 32.2. The number of aliphatic carboxylic acids is 1. The molecule has 2 aromatic rings. The van der Waals surface area contributed by atoms with E-state index in [0.717, 1.165) is 35.3 Å². The Labute approximate surface area is 145 Å². The number of ether oxygens (including phenoxy) is 1. The van der Waals surface area contributed by atoms with Crippen LogP contribution in [-0.2, 0) is 17.8 Å². The first kappa shape index (κ1) is 18.1. The summed E-state index contributed by atoms with van der Waals surface area (Å²) in [5.74, 6) is 0.798. The van der Waals surface area contributed by atoms with Gasteiger partial charge in [-0.25, -0.2) is 0 Å². The fraction of sp³-hybridized carbons (Fsp3) is 0.353. The Hall–Kier alpha value is -2.28. The van der Waals surface area contributed by atoms with Gasteiger partial charge in [-0.2, -0.15) is 0 Å². The lowest BCUT2D eigenvalue weighted by Gasteiger charge is -2.09. The summed E-state index contributed by atoms with van der Waals surface area (Å²) in [6, 6.07) is 7.91. The number of nitrogens with zero attached hydrogens (tertiary/aromatic N) is 3. The Morgan fingerprint density at radius 1 is 1.42 bits per heavy atom. The van der Waals surface area contributed by atoms with Crippen molar-refractivity contribution in [2.45, 2.75) is 31.5 Å². The average Bonchev–Trinajstić information content (AvgIpc) is 2.93. The highest BCUT2D eigenvalue weighted by Crippen LogP contribution is 2.19. The molecule has 0 amide bonds. The number of aryl methyl sites for hydroxylation is 2. The molecular weight excluding hydrogens is 326 g/mol. The quantitative estimate of drug-likeness (QED) is 0.404. The van der Waals surface area contributed by atoms with E-state index in [1.807, 2.05) is 35.8 Å². The van der Waals surface area contributed by atoms with Crippen LogP contribution in [0, 0.1) is 6.92 Å². The zero-order valence-corrected chi connectivity index (χ0v) is 14.5. The number of carboxylic acid groups (broad SMARTS) is 1. The summed E-state index contributed by atoms with van der Waals surface area (Å²) >= 11 is 1.16. The van der Waals surface area contributed by atoms with Crippen molar-refractivity contribution in [1.29, 1.82) is 0 Å². The predicted molar refractivity (Wildman–Crippen MR) is 93.6 cm³/mol. The summed E-state index contributed by atoms with van der Waals surface area (Å²) in [6.07, 6.45) is 3.26. The fourth-order valence-electron chi connectivity index (χ4n) is 2.18. The Morgan fingerprint density at radius 3 is 2.92 bits per heavy atom. The minimum atomic E-state index is -0.874. The number of hydrogen-bond acceptors (Lipinski definition) is 5. The van der Waals surface area contributed by atoms with E-state index in [4.69, 9.17) is 9.84 Å². The lowest BCUT2D eigenvalue weighted by atomic mass is 10.2. The first-order valence-corrected chi connectivity index (χ1v) is 8.66. The first-order chi connectivity index (χ1) is 11.6. The molecule has 1 heterocycles. The van der Waals surface area contributed by atoms with E-state index in [0.29, 0.717) is 24.7 Å². The zero-order chi connectivity index (χ0) is 17.4. The average molecular weight is 347 g/mol. The van der Waals surface area contributed by atoms with Gasteiger partial charge in [-0.1, -0.05) is 36.0 Å². The van der Waals surface area contributed by atoms with Crippen molar-refractivity contribution in [1.82, 2.24) is 14.8 Å². The van der Waals surface area contributed by atoms with Gasteiger partial charge in [0.15, 0.2) is 5.16 Å². The number of hydrogen-bond donors (Lipinski definition) is 1. The van der Waals surface area contributed by atoms with Crippen LogP contribution in [0.5, 0.6) is 5.75 Å². The predicted octanol–water partition coefficient (Wildman–Crippen LogP) is 2.96. The third kappa shape index (κ3) is 5.13. The van der Waals surface area contributed by atoms with Gasteiger partial charge in [-0.05, 0) is 25.0 Å². The van der Waals surface area contributed by atoms with Gasteiger partial charge in [0.1, 0.15) is 11.6 Å². The summed E-state index contributed by atoms with van der Waals surface area (Å²) < 4.78 is 7.68. The number of allylic oxidation sites excluding steroid dienone is 1. The highest BCUT2D eigenvalue weighted by Gasteiger charge is 2.13. The number of rotatable bonds is 10. The van der Waals surface area contributed by atoms with Crippen LogP contribution in [0.2, 0.25) is 0 Å². The summed E-state index contributed by atoms with van der Waals surface area (Å²) in [5.41, 5.74) is 1.11. The summed E-state index contributed by atoms with van der Waals surface area (Å²) in [6.45, 7) is 6.89. The molecule has 0 spiro atoms. The van der Waals surface area contributed by atoms with Gasteiger partial charge in [0.05, 0.1) is 12.4 Å². The molecule has 0 fully saturated rings. The third-order valence-corrected chi connectivity index (χ3v) is 4.28. The maximum Gasteiger partial charge on any atom is 0.313 e. The van der Waals surface area contributed by atoms with Crippen molar-refractivity contribution in [3.05, 3.63) is 48.3 Å². The van der Waals surface area contributed by atoms with Gasteiger partial charge in [-0.3, -0.25) is 4.79 Å². The van der Waals surface area contributed by atoms with Gasteiger partial charge in [-0.15, -0.1) is 16.8 Å². The van der Waals surface area contributed by atoms with E-state index in [2.05, 4.69) is 16.8 Å². The minimum Gasteiger partial charge on any atom is -0.493 e. The van der Waals surface area contributed by atoms with E-state index in [-0.39, 0.29) is 5.75 Å². The van der Waals surface area contributed by atoms with Crippen molar-refractivity contribution < 1.29 is 14.6 Å². The molecule has 7 heteroatoms. The molecule has 0 radical (unpaired) electrons. The Morgan fingerprint density at radius 2 is 2.21 bits per heavy atom. The number of thioether (sulfide) groups is 1. The van der Waals surface area contributed by atoms with Crippen LogP contribution in [0.4, 0.5) is 0 Å². The molecule has 0 saturated carbocycles. The van der Waals surface area contributed by atoms with Crippen LogP contribution in [0.25, 0.3) is 0 Å². The van der Waals surface area contributed by atoms with Crippen LogP contribution >= 0.6 is 11.8 Å². The molecule has 0 unspecified atom stereocenters. The van der Waals surface area contributed by atoms with Crippen LogP contribution in [0.15, 0.2) is 42.1 Å². The van der Waals surface area contributed by atoms with Crippen LogP contribution in [0.3, 0.4) is 0 Å². The molecule has 2 rings (SSSR count). The minimum absolute atomic E-state index is 0.0360. The van der Waals surface area contributed by atoms with Gasteiger partial charge >= 0.3 is 5.97 Å². The molecule has 1 aromatic carbocycles. The van der Waals surface area contributed by atoms with Crippen molar-refractivity contribution >= 4 is 17.7 Å². The zero-order valence-electron chi connectivity index (χ0n) is 13.6. The molecule has 1 N–H and O–H groups in total. The van der Waals surface area contributed by atoms with Gasteiger partial charge < -0.3 is 14.4 Å². The Kier molecular flexibility index (Phi) is 6.87. The van der Waals surface area contributed by atoms with Gasteiger partial charge in [0, 0.05) is 13.0 Å².